The quantitative estimate of drug-likeness (QED) is 0.573. The molecule has 0 radical (unpaired) electrons. The van der Waals surface area contributed by atoms with Gasteiger partial charge in [-0.2, -0.15) is 0 Å². The van der Waals surface area contributed by atoms with Gasteiger partial charge in [0.2, 0.25) is 0 Å². The highest BCUT2D eigenvalue weighted by Crippen LogP contribution is 2.14. The van der Waals surface area contributed by atoms with E-state index in [1.54, 1.807) is 29.0 Å². The topological polar surface area (TPSA) is 80.0 Å². The number of nitrogens with zero attached hydrogens (tertiary/aromatic N) is 1. The van der Waals surface area contributed by atoms with Gasteiger partial charge in [0.25, 0.3) is 5.91 Å². The van der Waals surface area contributed by atoms with E-state index in [-0.39, 0.29) is 5.91 Å². The molecule has 100 valence electrons. The van der Waals surface area contributed by atoms with Crippen LogP contribution in [0.4, 0.5) is 5.69 Å². The number of aryl methyl sites for hydroxylation is 1. The lowest BCUT2D eigenvalue weighted by atomic mass is 10.1. The van der Waals surface area contributed by atoms with Gasteiger partial charge in [-0.05, 0) is 30.7 Å². The molecule has 0 unspecified atom stereocenters. The van der Waals surface area contributed by atoms with Crippen molar-refractivity contribution in [3.8, 4) is 0 Å². The number of hydrogen-bond donors (Lipinski definition) is 3. The van der Waals surface area contributed by atoms with E-state index in [0.717, 1.165) is 23.4 Å². The third-order valence-electron chi connectivity index (χ3n) is 2.79. The summed E-state index contributed by atoms with van der Waals surface area (Å²) in [6.07, 6.45) is 0.747. The molecule has 1 amide bonds. The Kier molecular flexibility index (Phi) is 4.48. The van der Waals surface area contributed by atoms with Gasteiger partial charge in [0.15, 0.2) is 0 Å². The van der Waals surface area contributed by atoms with Crippen LogP contribution in [0.1, 0.15) is 21.6 Å². The molecule has 4 N–H and O–H groups in total. The molecule has 1 heterocycles. The summed E-state index contributed by atoms with van der Waals surface area (Å²) in [5.41, 5.74) is 7.70. The van der Waals surface area contributed by atoms with E-state index >= 15 is 0 Å². The van der Waals surface area contributed by atoms with E-state index in [1.165, 1.54) is 0 Å². The average molecular weight is 276 g/mol. The molecule has 0 fully saturated rings. The van der Waals surface area contributed by atoms with Crippen LogP contribution in [0, 0.1) is 6.92 Å². The zero-order chi connectivity index (χ0) is 13.7. The van der Waals surface area contributed by atoms with Crippen LogP contribution in [0.5, 0.6) is 0 Å². The van der Waals surface area contributed by atoms with Crippen molar-refractivity contribution in [1.29, 1.82) is 0 Å². The van der Waals surface area contributed by atoms with Gasteiger partial charge in [0.05, 0.1) is 11.2 Å². The number of amides is 1. The normalized spacial score (nSPS) is 10.2. The first-order valence-corrected chi connectivity index (χ1v) is 6.87. The van der Waals surface area contributed by atoms with Gasteiger partial charge in [0.1, 0.15) is 0 Å². The summed E-state index contributed by atoms with van der Waals surface area (Å²) < 4.78 is 0. The summed E-state index contributed by atoms with van der Waals surface area (Å²) >= 11 is 1.56. The van der Waals surface area contributed by atoms with Crippen LogP contribution < -0.4 is 16.6 Å². The molecule has 0 aliphatic heterocycles. The number of carbonyl (C=O) groups is 1. The van der Waals surface area contributed by atoms with E-state index in [4.69, 9.17) is 5.84 Å². The maximum absolute atomic E-state index is 12.0. The van der Waals surface area contributed by atoms with Gasteiger partial charge < -0.3 is 10.7 Å². The SMILES string of the molecule is Cc1cc(NN)ccc1C(=O)NCCc1cscn1. The monoisotopic (exact) mass is 276 g/mol. The van der Waals surface area contributed by atoms with Gasteiger partial charge in [-0.3, -0.25) is 10.6 Å². The second-order valence-electron chi connectivity index (χ2n) is 4.16. The minimum Gasteiger partial charge on any atom is -0.352 e. The van der Waals surface area contributed by atoms with E-state index in [0.29, 0.717) is 12.1 Å². The van der Waals surface area contributed by atoms with Crippen molar-refractivity contribution in [2.24, 2.45) is 5.84 Å². The fourth-order valence-corrected chi connectivity index (χ4v) is 2.36. The van der Waals surface area contributed by atoms with Gasteiger partial charge in [0, 0.05) is 29.6 Å². The van der Waals surface area contributed by atoms with Crippen molar-refractivity contribution >= 4 is 22.9 Å². The first-order chi connectivity index (χ1) is 9.20. The molecular weight excluding hydrogens is 260 g/mol. The van der Waals surface area contributed by atoms with Crippen molar-refractivity contribution in [3.63, 3.8) is 0 Å². The zero-order valence-corrected chi connectivity index (χ0v) is 11.5. The Morgan fingerprint density at radius 3 is 2.95 bits per heavy atom. The molecule has 1 aromatic carbocycles. The van der Waals surface area contributed by atoms with Gasteiger partial charge in [-0.15, -0.1) is 11.3 Å². The molecular formula is C13H16N4OS. The van der Waals surface area contributed by atoms with E-state index in [9.17, 15) is 4.79 Å². The van der Waals surface area contributed by atoms with Gasteiger partial charge in [-0.1, -0.05) is 0 Å². The van der Waals surface area contributed by atoms with E-state index < -0.39 is 0 Å². The predicted octanol–water partition coefficient (Wildman–Crippen LogP) is 1.71. The summed E-state index contributed by atoms with van der Waals surface area (Å²) in [4.78, 5) is 16.2. The molecule has 0 aliphatic carbocycles. The maximum atomic E-state index is 12.0. The second-order valence-corrected chi connectivity index (χ2v) is 4.88. The summed E-state index contributed by atoms with van der Waals surface area (Å²) in [5.74, 6) is 5.25. The molecule has 19 heavy (non-hydrogen) atoms. The molecule has 2 aromatic rings. The van der Waals surface area contributed by atoms with Gasteiger partial charge >= 0.3 is 0 Å². The largest absolute Gasteiger partial charge is 0.352 e. The number of hydrogen-bond acceptors (Lipinski definition) is 5. The highest BCUT2D eigenvalue weighted by molar-refractivity contribution is 7.07. The number of aromatic nitrogens is 1. The summed E-state index contributed by atoms with van der Waals surface area (Å²) in [5, 5.41) is 4.87. The number of nitrogens with two attached hydrogens (primary N) is 1. The van der Waals surface area contributed by atoms with Crippen LogP contribution in [0.25, 0.3) is 0 Å². The average Bonchev–Trinajstić information content (AvgIpc) is 2.91. The number of benzene rings is 1. The molecule has 0 spiro atoms. The number of nitrogens with one attached hydrogen (secondary N) is 2. The molecule has 0 bridgehead atoms. The van der Waals surface area contributed by atoms with Crippen molar-refractivity contribution in [2.75, 3.05) is 12.0 Å². The summed E-state index contributed by atoms with van der Waals surface area (Å²) in [7, 11) is 0. The minimum atomic E-state index is -0.0729. The van der Waals surface area contributed by atoms with E-state index in [1.807, 2.05) is 18.4 Å². The number of hydrazine groups is 1. The first kappa shape index (κ1) is 13.5. The van der Waals surface area contributed by atoms with Crippen LogP contribution >= 0.6 is 11.3 Å². The molecule has 0 atom stereocenters. The second kappa shape index (κ2) is 6.31. The highest BCUT2D eigenvalue weighted by atomic mass is 32.1. The summed E-state index contributed by atoms with van der Waals surface area (Å²) in [6, 6.07) is 5.39. The molecule has 1 aromatic heterocycles. The molecule has 0 saturated carbocycles. The van der Waals surface area contributed by atoms with Crippen molar-refractivity contribution in [3.05, 3.63) is 45.9 Å². The third-order valence-corrected chi connectivity index (χ3v) is 3.42. The van der Waals surface area contributed by atoms with Gasteiger partial charge in [-0.25, -0.2) is 4.98 Å². The van der Waals surface area contributed by atoms with Crippen LogP contribution in [-0.4, -0.2) is 17.4 Å². The predicted molar refractivity (Wildman–Crippen MR) is 77.1 cm³/mol. The lowest BCUT2D eigenvalue weighted by molar-refractivity contribution is 0.0953. The number of nitrogen functional groups attached to an aromatic ring is 1. The Balaban J connectivity index is 1.92. The Morgan fingerprint density at radius 1 is 1.47 bits per heavy atom. The Hall–Kier alpha value is -1.92. The zero-order valence-electron chi connectivity index (χ0n) is 10.6. The lowest BCUT2D eigenvalue weighted by Gasteiger charge is -2.08. The smallest absolute Gasteiger partial charge is 0.251 e. The number of thiazole rings is 1. The third kappa shape index (κ3) is 3.52. The fraction of sp³-hybridized carbons (Fsp3) is 0.231. The standard InChI is InChI=1S/C13H16N4OS/c1-9-6-10(17-14)2-3-12(9)13(18)15-5-4-11-7-19-8-16-11/h2-3,6-8,17H,4-5,14H2,1H3,(H,15,18). The van der Waals surface area contributed by atoms with Crippen LogP contribution in [-0.2, 0) is 6.42 Å². The Morgan fingerprint density at radius 2 is 2.32 bits per heavy atom. The Bertz CT molecular complexity index is 554. The maximum Gasteiger partial charge on any atom is 0.251 e. The van der Waals surface area contributed by atoms with Crippen molar-refractivity contribution in [2.45, 2.75) is 13.3 Å². The first-order valence-electron chi connectivity index (χ1n) is 5.93. The molecule has 2 rings (SSSR count). The van der Waals surface area contributed by atoms with Crippen LogP contribution in [0.15, 0.2) is 29.1 Å². The van der Waals surface area contributed by atoms with Crippen LogP contribution in [0.2, 0.25) is 0 Å². The minimum absolute atomic E-state index is 0.0729. The van der Waals surface area contributed by atoms with E-state index in [2.05, 4.69) is 15.7 Å². The van der Waals surface area contributed by atoms with Crippen LogP contribution in [0.3, 0.4) is 0 Å². The summed E-state index contributed by atoms with van der Waals surface area (Å²) in [6.45, 7) is 2.47. The number of rotatable bonds is 5. The molecule has 0 saturated heterocycles. The highest BCUT2D eigenvalue weighted by Gasteiger charge is 2.08. The lowest BCUT2D eigenvalue weighted by Crippen LogP contribution is -2.26. The van der Waals surface area contributed by atoms with Crippen molar-refractivity contribution in [1.82, 2.24) is 10.3 Å². The number of carbonyl (C=O) groups excluding carboxylic acids is 1. The number of anilines is 1. The Labute approximate surface area is 115 Å². The van der Waals surface area contributed by atoms with Crippen molar-refractivity contribution < 1.29 is 4.79 Å². The fourth-order valence-electron chi connectivity index (χ4n) is 1.77. The molecule has 5 nitrogen and oxygen atoms in total. The molecule has 0 aliphatic rings. The molecule has 6 heteroatoms.